The molecule has 7 aromatic rings. The number of hydrogen-bond acceptors (Lipinski definition) is 2. The van der Waals surface area contributed by atoms with Gasteiger partial charge in [-0.3, -0.25) is 0 Å². The number of nitrogens with zero attached hydrogens (tertiary/aromatic N) is 3. The zero-order chi connectivity index (χ0) is 31.9. The minimum Gasteiger partial charge on any atom is -0.355 e. The number of H-pyrrole nitrogens is 1. The Morgan fingerprint density at radius 1 is 0.429 bits per heavy atom. The van der Waals surface area contributed by atoms with Crippen LogP contribution in [0.4, 0.5) is 0 Å². The van der Waals surface area contributed by atoms with E-state index in [0.717, 1.165) is 83.9 Å². The number of aromatic nitrogens is 4. The number of hydrogen-bond donors (Lipinski definition) is 1. The van der Waals surface area contributed by atoms with Crippen LogP contribution in [0.3, 0.4) is 0 Å². The second-order valence-corrected chi connectivity index (χ2v) is 12.0. The molecule has 4 aromatic carbocycles. The topological polar surface area (TPSA) is 46.5 Å². The first-order chi connectivity index (χ1) is 23.8. The molecule has 0 fully saturated rings. The largest absolute Gasteiger partial charge is 0.355 e. The number of para-hydroxylation sites is 1. The van der Waals surface area contributed by atoms with Crippen LogP contribution in [0.5, 0.6) is 0 Å². The number of fused-ring (bicyclic) bond motifs is 8. The Bertz CT molecular complexity index is 2530. The molecule has 1 N–H and O–H groups in total. The average Bonchev–Trinajstić information content (AvgIpc) is 3.95. The summed E-state index contributed by atoms with van der Waals surface area (Å²) in [6.45, 7) is 0. The standard InChI is InChI=1S/C44H30N4.Co/c1-5-13-30(14-6-1)41-39-26-25-36(47-39)28-35-22-21-33(45-35)27-34-23-24-37(46-34)29-40-42(31-15-7-2-8-16-31)43(32-17-9-3-10-18-32)44(41)48(40)38-19-11-4-12-20-38;/h1-29,45H;. The maximum atomic E-state index is 5.29. The van der Waals surface area contributed by atoms with Crippen molar-refractivity contribution in [2.24, 2.45) is 0 Å². The van der Waals surface area contributed by atoms with Gasteiger partial charge in [-0.2, -0.15) is 0 Å². The Kier molecular flexibility index (Phi) is 7.98. The Morgan fingerprint density at radius 3 is 1.49 bits per heavy atom. The van der Waals surface area contributed by atoms with Crippen LogP contribution in [-0.2, 0) is 16.8 Å². The van der Waals surface area contributed by atoms with Crippen LogP contribution in [0.25, 0.3) is 85.4 Å². The van der Waals surface area contributed by atoms with E-state index in [2.05, 4.69) is 186 Å². The average molecular weight is 674 g/mol. The fraction of sp³-hybridized carbons (Fsp3) is 0. The predicted molar refractivity (Wildman–Crippen MR) is 200 cm³/mol. The molecule has 5 heteroatoms. The summed E-state index contributed by atoms with van der Waals surface area (Å²) in [4.78, 5) is 13.9. The summed E-state index contributed by atoms with van der Waals surface area (Å²) >= 11 is 0. The van der Waals surface area contributed by atoms with Gasteiger partial charge in [-0.1, -0.05) is 109 Å². The Morgan fingerprint density at radius 2 is 0.898 bits per heavy atom. The smallest absolute Gasteiger partial charge is 0.0737 e. The predicted octanol–water partition coefficient (Wildman–Crippen LogP) is 11.1. The summed E-state index contributed by atoms with van der Waals surface area (Å²) in [5.41, 5.74) is 15.4. The first kappa shape index (κ1) is 30.3. The zero-order valence-corrected chi connectivity index (χ0v) is 27.5. The normalized spacial score (nSPS) is 11.8. The van der Waals surface area contributed by atoms with Gasteiger partial charge in [-0.05, 0) is 83.5 Å². The Hall–Kier alpha value is -6.01. The second-order valence-electron chi connectivity index (χ2n) is 12.0. The first-order valence-corrected chi connectivity index (χ1v) is 16.2. The van der Waals surface area contributed by atoms with Crippen LogP contribution in [0.2, 0.25) is 0 Å². The number of benzene rings is 4. The molecule has 0 saturated carbocycles. The number of nitrogens with one attached hydrogen (secondary N) is 1. The molecule has 0 unspecified atom stereocenters. The van der Waals surface area contributed by atoms with Crippen molar-refractivity contribution in [1.29, 1.82) is 0 Å². The van der Waals surface area contributed by atoms with E-state index in [1.165, 1.54) is 0 Å². The van der Waals surface area contributed by atoms with Gasteiger partial charge in [-0.15, -0.1) is 0 Å². The minimum absolute atomic E-state index is 0. The van der Waals surface area contributed by atoms with Crippen LogP contribution < -0.4 is 0 Å². The van der Waals surface area contributed by atoms with E-state index in [1.807, 2.05) is 0 Å². The van der Waals surface area contributed by atoms with Gasteiger partial charge in [0.1, 0.15) is 0 Å². The molecule has 0 saturated heterocycles. The third-order valence-corrected chi connectivity index (χ3v) is 8.87. The van der Waals surface area contributed by atoms with Gasteiger partial charge >= 0.3 is 0 Å². The maximum Gasteiger partial charge on any atom is 0.0737 e. The van der Waals surface area contributed by atoms with Crippen LogP contribution in [0.1, 0.15) is 22.8 Å². The van der Waals surface area contributed by atoms with E-state index < -0.39 is 0 Å². The second kappa shape index (κ2) is 12.9. The summed E-state index contributed by atoms with van der Waals surface area (Å²) in [5.74, 6) is 0. The van der Waals surface area contributed by atoms with Gasteiger partial charge in [0, 0.05) is 50.2 Å². The van der Waals surface area contributed by atoms with Gasteiger partial charge < -0.3 is 9.55 Å². The molecule has 2 aliphatic heterocycles. The molecule has 2 aliphatic rings. The van der Waals surface area contributed by atoms with E-state index in [-0.39, 0.29) is 16.8 Å². The Balaban J connectivity index is 0.00000348. The quantitative estimate of drug-likeness (QED) is 0.202. The van der Waals surface area contributed by atoms with Gasteiger partial charge in [-0.25, -0.2) is 9.97 Å². The van der Waals surface area contributed by atoms with E-state index in [1.54, 1.807) is 0 Å². The van der Waals surface area contributed by atoms with Crippen molar-refractivity contribution < 1.29 is 16.8 Å². The van der Waals surface area contributed by atoms with Crippen LogP contribution >= 0.6 is 0 Å². The molecule has 0 aliphatic carbocycles. The van der Waals surface area contributed by atoms with Crippen LogP contribution in [0, 0.1) is 0 Å². The van der Waals surface area contributed by atoms with Crippen molar-refractivity contribution in [3.05, 3.63) is 174 Å². The van der Waals surface area contributed by atoms with Gasteiger partial charge in [0.2, 0.25) is 0 Å². The van der Waals surface area contributed by atoms with Crippen LogP contribution in [-0.4, -0.2) is 19.5 Å². The van der Waals surface area contributed by atoms with Gasteiger partial charge in [0.25, 0.3) is 0 Å². The van der Waals surface area contributed by atoms with Gasteiger partial charge in [0.05, 0.1) is 33.8 Å². The number of aromatic amines is 1. The van der Waals surface area contributed by atoms with Crippen molar-refractivity contribution in [2.75, 3.05) is 0 Å². The minimum atomic E-state index is 0. The summed E-state index contributed by atoms with van der Waals surface area (Å²) in [5, 5.41) is 0. The molecule has 4 nitrogen and oxygen atoms in total. The molecule has 0 amide bonds. The van der Waals surface area contributed by atoms with Crippen molar-refractivity contribution in [3.63, 3.8) is 0 Å². The molecule has 49 heavy (non-hydrogen) atoms. The van der Waals surface area contributed by atoms with E-state index >= 15 is 0 Å². The SMILES string of the molecule is C1=Cc2cc3c(-c4ccccc4)c(-c4ccccc4)c(c(-c4ccccc4)c4nc(cc5ccc(cc1n2)[nH]5)C=C4)n3-c1ccccc1.[Co]. The third-order valence-electron chi connectivity index (χ3n) is 8.87. The van der Waals surface area contributed by atoms with Crippen molar-refractivity contribution in [3.8, 4) is 39.1 Å². The molecule has 9 rings (SSSR count). The summed E-state index contributed by atoms with van der Waals surface area (Å²) in [6, 6.07) is 53.3. The number of rotatable bonds is 4. The zero-order valence-electron chi connectivity index (χ0n) is 26.4. The third kappa shape index (κ3) is 5.65. The van der Waals surface area contributed by atoms with Crippen LogP contribution in [0.15, 0.2) is 152 Å². The molecule has 3 aromatic heterocycles. The molecule has 5 heterocycles. The van der Waals surface area contributed by atoms with Crippen molar-refractivity contribution >= 4 is 46.4 Å². The summed E-state index contributed by atoms with van der Waals surface area (Å²) < 4.78 is 2.41. The summed E-state index contributed by atoms with van der Waals surface area (Å²) in [6.07, 6.45) is 8.44. The fourth-order valence-electron chi connectivity index (χ4n) is 6.81. The molecular formula is C44H30CoN4. The monoisotopic (exact) mass is 673 g/mol. The molecule has 0 spiro atoms. The Labute approximate surface area is 295 Å². The van der Waals surface area contributed by atoms with E-state index in [4.69, 9.17) is 9.97 Å². The van der Waals surface area contributed by atoms with Crippen molar-refractivity contribution in [1.82, 2.24) is 19.5 Å². The van der Waals surface area contributed by atoms with E-state index in [9.17, 15) is 0 Å². The van der Waals surface area contributed by atoms with Crippen molar-refractivity contribution in [2.45, 2.75) is 0 Å². The van der Waals surface area contributed by atoms with Gasteiger partial charge in [0.15, 0.2) is 0 Å². The fourth-order valence-corrected chi connectivity index (χ4v) is 6.81. The molecule has 0 atom stereocenters. The maximum absolute atomic E-state index is 5.29. The molecular weight excluding hydrogens is 643 g/mol. The summed E-state index contributed by atoms with van der Waals surface area (Å²) in [7, 11) is 0. The van der Waals surface area contributed by atoms with E-state index in [0.29, 0.717) is 0 Å². The first-order valence-electron chi connectivity index (χ1n) is 16.2. The molecule has 8 bridgehead atoms. The molecule has 235 valence electrons. The molecule has 1 radical (unpaired) electrons.